The van der Waals surface area contributed by atoms with Gasteiger partial charge in [0.05, 0.1) is 5.39 Å². The van der Waals surface area contributed by atoms with Crippen molar-refractivity contribution in [3.8, 4) is 0 Å². The summed E-state index contributed by atoms with van der Waals surface area (Å²) >= 11 is 0. The lowest BCUT2D eigenvalue weighted by molar-refractivity contribution is -0.192. The molecule has 0 saturated carbocycles. The molecule has 124 valence electrons. The fraction of sp³-hybridized carbons (Fsp3) is 0.250. The number of aliphatic carboxylic acids is 2. The van der Waals surface area contributed by atoms with Gasteiger partial charge in [-0.05, 0) is 12.1 Å². The first-order chi connectivity index (χ1) is 10.5. The Balaban J connectivity index is 0.000000322. The first kappa shape index (κ1) is 18.1. The van der Waals surface area contributed by atoms with Crippen LogP contribution in [-0.4, -0.2) is 48.9 Å². The molecule has 2 heterocycles. The Labute approximate surface area is 126 Å². The standard InChI is InChI=1S/C10H9N3O3.C2HF3O2/c1-6(14)9-7-3-2-4-11-10(7)13(12-9)5-8(15)16;3-2(4,5)1(6)7/h2-4H,5H2,1H3,(H,15,16);(H,6,7). The van der Waals surface area contributed by atoms with Gasteiger partial charge in [-0.2, -0.15) is 18.3 Å². The average molecular weight is 333 g/mol. The zero-order valence-corrected chi connectivity index (χ0v) is 11.5. The Hall–Kier alpha value is -2.98. The Bertz CT molecular complexity index is 754. The first-order valence-corrected chi connectivity index (χ1v) is 5.88. The van der Waals surface area contributed by atoms with E-state index in [2.05, 4.69) is 10.1 Å². The van der Waals surface area contributed by atoms with Crippen molar-refractivity contribution in [2.75, 3.05) is 0 Å². The highest BCUT2D eigenvalue weighted by atomic mass is 19.4. The molecule has 23 heavy (non-hydrogen) atoms. The molecule has 0 aliphatic heterocycles. The van der Waals surface area contributed by atoms with Gasteiger partial charge in [-0.1, -0.05) is 0 Å². The summed E-state index contributed by atoms with van der Waals surface area (Å²) in [5.41, 5.74) is 0.666. The molecule has 0 unspecified atom stereocenters. The van der Waals surface area contributed by atoms with Crippen molar-refractivity contribution in [2.45, 2.75) is 19.6 Å². The number of carbonyl (C=O) groups is 3. The van der Waals surface area contributed by atoms with Crippen LogP contribution in [0.1, 0.15) is 17.4 Å². The van der Waals surface area contributed by atoms with Crippen molar-refractivity contribution < 1.29 is 37.8 Å². The molecule has 8 nitrogen and oxygen atoms in total. The molecule has 0 radical (unpaired) electrons. The van der Waals surface area contributed by atoms with Gasteiger partial charge in [0.25, 0.3) is 0 Å². The van der Waals surface area contributed by atoms with Crippen LogP contribution in [0.3, 0.4) is 0 Å². The number of alkyl halides is 3. The number of carboxylic acids is 2. The summed E-state index contributed by atoms with van der Waals surface area (Å²) in [6.45, 7) is 1.08. The monoisotopic (exact) mass is 333 g/mol. The summed E-state index contributed by atoms with van der Waals surface area (Å²) in [6, 6.07) is 3.38. The van der Waals surface area contributed by atoms with E-state index < -0.39 is 18.1 Å². The number of carbonyl (C=O) groups excluding carboxylic acids is 1. The normalized spacial score (nSPS) is 10.8. The van der Waals surface area contributed by atoms with Crippen LogP contribution < -0.4 is 0 Å². The number of hydrogen-bond acceptors (Lipinski definition) is 5. The molecular weight excluding hydrogens is 323 g/mol. The average Bonchev–Trinajstić information content (AvgIpc) is 2.77. The van der Waals surface area contributed by atoms with Crippen LogP contribution in [0.15, 0.2) is 18.3 Å². The van der Waals surface area contributed by atoms with E-state index in [1.54, 1.807) is 12.1 Å². The van der Waals surface area contributed by atoms with Gasteiger partial charge in [-0.15, -0.1) is 0 Å². The fourth-order valence-corrected chi connectivity index (χ4v) is 1.51. The Morgan fingerprint density at radius 3 is 2.26 bits per heavy atom. The molecule has 0 atom stereocenters. The van der Waals surface area contributed by atoms with Crippen LogP contribution in [0.4, 0.5) is 13.2 Å². The highest BCUT2D eigenvalue weighted by Crippen LogP contribution is 2.16. The summed E-state index contributed by atoms with van der Waals surface area (Å²) in [5.74, 6) is -3.99. The van der Waals surface area contributed by atoms with Crippen LogP contribution in [-0.2, 0) is 16.1 Å². The van der Waals surface area contributed by atoms with Gasteiger partial charge in [0, 0.05) is 13.1 Å². The van der Waals surface area contributed by atoms with E-state index in [0.29, 0.717) is 11.0 Å². The molecule has 0 fully saturated rings. The quantitative estimate of drug-likeness (QED) is 0.813. The van der Waals surface area contributed by atoms with Crippen LogP contribution in [0, 0.1) is 0 Å². The second kappa shape index (κ2) is 6.85. The smallest absolute Gasteiger partial charge is 0.480 e. The molecule has 0 aliphatic rings. The summed E-state index contributed by atoms with van der Waals surface area (Å²) in [7, 11) is 0. The molecule has 11 heteroatoms. The first-order valence-electron chi connectivity index (χ1n) is 5.88. The topological polar surface area (TPSA) is 122 Å². The Kier molecular flexibility index (Phi) is 5.38. The molecule has 2 N–H and O–H groups in total. The number of nitrogens with zero attached hydrogens (tertiary/aromatic N) is 3. The number of fused-ring (bicyclic) bond motifs is 1. The van der Waals surface area contributed by atoms with E-state index in [4.69, 9.17) is 15.0 Å². The minimum atomic E-state index is -5.08. The SMILES string of the molecule is CC(=O)c1nn(CC(=O)O)c2ncccc12.O=C(O)C(F)(F)F. The maximum Gasteiger partial charge on any atom is 0.490 e. The molecule has 0 bridgehead atoms. The molecule has 2 aromatic heterocycles. The van der Waals surface area contributed by atoms with Gasteiger partial charge in [-0.25, -0.2) is 14.5 Å². The van der Waals surface area contributed by atoms with E-state index in [0.717, 1.165) is 0 Å². The lowest BCUT2D eigenvalue weighted by Gasteiger charge is -1.96. The van der Waals surface area contributed by atoms with Crippen molar-refractivity contribution >= 4 is 28.8 Å². The van der Waals surface area contributed by atoms with Crippen molar-refractivity contribution in [3.05, 3.63) is 24.0 Å². The van der Waals surface area contributed by atoms with Crippen LogP contribution in [0.25, 0.3) is 11.0 Å². The summed E-state index contributed by atoms with van der Waals surface area (Å²) in [4.78, 5) is 34.8. The van der Waals surface area contributed by atoms with Gasteiger partial charge < -0.3 is 10.2 Å². The third kappa shape index (κ3) is 4.76. The highest BCUT2D eigenvalue weighted by molar-refractivity contribution is 6.04. The summed E-state index contributed by atoms with van der Waals surface area (Å²) in [6.07, 6.45) is -3.55. The molecule has 0 aliphatic carbocycles. The predicted octanol–water partition coefficient (Wildman–Crippen LogP) is 1.35. The van der Waals surface area contributed by atoms with E-state index in [1.807, 2.05) is 0 Å². The largest absolute Gasteiger partial charge is 0.490 e. The fourth-order valence-electron chi connectivity index (χ4n) is 1.51. The van der Waals surface area contributed by atoms with Crippen molar-refractivity contribution in [2.24, 2.45) is 0 Å². The third-order valence-corrected chi connectivity index (χ3v) is 2.37. The number of Topliss-reactive ketones (excluding diaryl/α,β-unsaturated/α-hetero) is 1. The van der Waals surface area contributed by atoms with Crippen LogP contribution in [0.2, 0.25) is 0 Å². The Morgan fingerprint density at radius 1 is 1.26 bits per heavy atom. The van der Waals surface area contributed by atoms with Crippen LogP contribution >= 0.6 is 0 Å². The number of hydrogen-bond donors (Lipinski definition) is 2. The van der Waals surface area contributed by atoms with E-state index in [1.165, 1.54) is 17.8 Å². The number of pyridine rings is 1. The molecule has 0 spiro atoms. The van der Waals surface area contributed by atoms with Gasteiger partial charge in [0.2, 0.25) is 0 Å². The zero-order chi connectivity index (χ0) is 17.8. The van der Waals surface area contributed by atoms with Gasteiger partial charge >= 0.3 is 18.1 Å². The molecule has 0 saturated heterocycles. The maximum atomic E-state index is 11.3. The minimum absolute atomic E-state index is 0.206. The van der Waals surface area contributed by atoms with Gasteiger partial charge in [-0.3, -0.25) is 9.59 Å². The molecule has 0 amide bonds. The number of halogens is 3. The van der Waals surface area contributed by atoms with Crippen LogP contribution in [0.5, 0.6) is 0 Å². The number of carboxylic acid groups (broad SMARTS) is 2. The second-order valence-corrected chi connectivity index (χ2v) is 4.13. The lowest BCUT2D eigenvalue weighted by atomic mass is 10.2. The lowest BCUT2D eigenvalue weighted by Crippen LogP contribution is -2.21. The highest BCUT2D eigenvalue weighted by Gasteiger charge is 2.38. The van der Waals surface area contributed by atoms with E-state index in [-0.39, 0.29) is 18.0 Å². The molecule has 2 rings (SSSR count). The summed E-state index contributed by atoms with van der Waals surface area (Å²) in [5, 5.41) is 20.4. The number of rotatable bonds is 3. The van der Waals surface area contributed by atoms with Crippen molar-refractivity contribution in [3.63, 3.8) is 0 Å². The Morgan fingerprint density at radius 2 is 1.83 bits per heavy atom. The van der Waals surface area contributed by atoms with Gasteiger partial charge in [0.15, 0.2) is 11.4 Å². The number of aromatic nitrogens is 3. The second-order valence-electron chi connectivity index (χ2n) is 4.13. The zero-order valence-electron chi connectivity index (χ0n) is 11.5. The predicted molar refractivity (Wildman–Crippen MR) is 68.9 cm³/mol. The van der Waals surface area contributed by atoms with E-state index >= 15 is 0 Å². The molecule has 0 aromatic carbocycles. The van der Waals surface area contributed by atoms with E-state index in [9.17, 15) is 22.8 Å². The van der Waals surface area contributed by atoms with Gasteiger partial charge in [0.1, 0.15) is 12.2 Å². The molecule has 2 aromatic rings. The third-order valence-electron chi connectivity index (χ3n) is 2.37. The minimum Gasteiger partial charge on any atom is -0.480 e. The number of ketones is 1. The molecular formula is C12H10F3N3O5. The maximum absolute atomic E-state index is 11.3. The van der Waals surface area contributed by atoms with Crippen molar-refractivity contribution in [1.29, 1.82) is 0 Å². The summed E-state index contributed by atoms with van der Waals surface area (Å²) < 4.78 is 33.0. The van der Waals surface area contributed by atoms with Crippen molar-refractivity contribution in [1.82, 2.24) is 14.8 Å².